The maximum Gasteiger partial charge on any atom is 0.238 e. The van der Waals surface area contributed by atoms with Gasteiger partial charge in [0, 0.05) is 11.3 Å². The van der Waals surface area contributed by atoms with Gasteiger partial charge in [0.25, 0.3) is 0 Å². The highest BCUT2D eigenvalue weighted by Crippen LogP contribution is 2.36. The zero-order valence-corrected chi connectivity index (χ0v) is 16.4. The third-order valence-electron chi connectivity index (χ3n) is 5.28. The Morgan fingerprint density at radius 1 is 1.00 bits per heavy atom. The van der Waals surface area contributed by atoms with Crippen molar-refractivity contribution in [3.8, 4) is 0 Å². The van der Waals surface area contributed by atoms with Crippen molar-refractivity contribution in [2.24, 2.45) is 0 Å². The first-order valence-electron chi connectivity index (χ1n) is 9.57. The zero-order chi connectivity index (χ0) is 23.3. The van der Waals surface area contributed by atoms with Gasteiger partial charge in [0.05, 0.1) is 19.8 Å². The van der Waals surface area contributed by atoms with E-state index in [-0.39, 0.29) is 13.0 Å². The van der Waals surface area contributed by atoms with Crippen LogP contribution in [0.1, 0.15) is 6.42 Å². The van der Waals surface area contributed by atoms with Gasteiger partial charge in [0.15, 0.2) is 6.29 Å². The third-order valence-corrected chi connectivity index (χ3v) is 5.28. The van der Waals surface area contributed by atoms with E-state index in [1.54, 1.807) is 0 Å². The van der Waals surface area contributed by atoms with Crippen LogP contribution in [0, 0.1) is 10.1 Å². The predicted molar refractivity (Wildman–Crippen MR) is 94.9 cm³/mol. The molecule has 0 bridgehead atoms. The second kappa shape index (κ2) is 11.2. The molecule has 2 rings (SSSR count). The number of ether oxygens (including phenoxy) is 4. The van der Waals surface area contributed by atoms with Gasteiger partial charge in [-0.05, 0) is 0 Å². The van der Waals surface area contributed by atoms with Gasteiger partial charge < -0.3 is 59.8 Å². The fraction of sp³-hybridized carbons (Fsp3) is 1.00. The van der Waals surface area contributed by atoms with Crippen LogP contribution in [0.4, 0.5) is 0 Å². The summed E-state index contributed by atoms with van der Waals surface area (Å²) in [6.45, 7) is -2.99. The summed E-state index contributed by atoms with van der Waals surface area (Å²) in [5.41, 5.74) is 0. The van der Waals surface area contributed by atoms with Crippen LogP contribution in [0.3, 0.4) is 0 Å². The molecule has 15 nitrogen and oxygen atoms in total. The van der Waals surface area contributed by atoms with Crippen molar-refractivity contribution < 1.29 is 64.7 Å². The maximum atomic E-state index is 10.7. The van der Waals surface area contributed by atoms with E-state index < -0.39 is 92.2 Å². The molecule has 10 atom stereocenters. The lowest BCUT2D eigenvalue weighted by atomic mass is 9.99. The fourth-order valence-corrected chi connectivity index (χ4v) is 3.30. The second-order valence-electron chi connectivity index (χ2n) is 7.36. The molecule has 15 heteroatoms. The van der Waals surface area contributed by atoms with Gasteiger partial charge in [0.2, 0.25) is 11.8 Å². The molecule has 2 aliphatic heterocycles. The van der Waals surface area contributed by atoms with E-state index in [2.05, 4.69) is 0 Å². The summed E-state index contributed by atoms with van der Waals surface area (Å²) in [5, 5.41) is 88.9. The summed E-state index contributed by atoms with van der Waals surface area (Å²) in [6, 6.07) is -1.24. The number of hydrogen-bond donors (Lipinski definition) is 8. The van der Waals surface area contributed by atoms with E-state index in [0.717, 1.165) is 0 Å². The van der Waals surface area contributed by atoms with Crippen molar-refractivity contribution in [1.29, 1.82) is 0 Å². The Bertz CT molecular complexity index is 583. The topological polar surface area (TPSA) is 242 Å². The molecular weight excluding hydrogens is 430 g/mol. The van der Waals surface area contributed by atoms with Crippen LogP contribution in [-0.4, -0.2) is 140 Å². The number of aliphatic hydroxyl groups is 8. The molecule has 0 aromatic carbocycles. The molecule has 0 saturated carbocycles. The van der Waals surface area contributed by atoms with Crippen molar-refractivity contribution in [3.63, 3.8) is 0 Å². The Hall–Kier alpha value is -1.08. The predicted octanol–water partition coefficient (Wildman–Crippen LogP) is -5.34. The molecule has 2 aliphatic rings. The molecular formula is C16H29NO14. The van der Waals surface area contributed by atoms with E-state index in [1.807, 2.05) is 0 Å². The van der Waals surface area contributed by atoms with Gasteiger partial charge in [0.1, 0.15) is 55.9 Å². The molecule has 0 aromatic heterocycles. The van der Waals surface area contributed by atoms with Crippen molar-refractivity contribution in [2.75, 3.05) is 33.0 Å². The maximum absolute atomic E-state index is 10.7. The normalized spacial score (nSPS) is 41.9. The van der Waals surface area contributed by atoms with Gasteiger partial charge >= 0.3 is 0 Å². The standard InChI is InChI=1S/C16H29NO14/c18-3-7(17(26)27)1-2-28-5-9-10(21)12(23)13(24)15(29-9)31-16(6-20)14(25)11(22)8(4-19)30-16/h7-15,18-25H,1-6H2/t7?,8-,9-,10-,11-,12+,13-,14+,15-,16+/m1/s1. The summed E-state index contributed by atoms with van der Waals surface area (Å²) in [6.07, 6.45) is -13.3. The average Bonchev–Trinajstić information content (AvgIpc) is 2.99. The largest absolute Gasteiger partial charge is 0.394 e. The van der Waals surface area contributed by atoms with E-state index in [9.17, 15) is 45.9 Å². The smallest absolute Gasteiger partial charge is 0.238 e. The van der Waals surface area contributed by atoms with Crippen molar-refractivity contribution >= 4 is 0 Å². The molecule has 182 valence electrons. The van der Waals surface area contributed by atoms with Crippen LogP contribution in [0.5, 0.6) is 0 Å². The van der Waals surface area contributed by atoms with Crippen LogP contribution in [-0.2, 0) is 18.9 Å². The molecule has 2 fully saturated rings. The lowest BCUT2D eigenvalue weighted by Gasteiger charge is -2.43. The minimum Gasteiger partial charge on any atom is -0.394 e. The Morgan fingerprint density at radius 3 is 2.19 bits per heavy atom. The summed E-state index contributed by atoms with van der Waals surface area (Å²) < 4.78 is 21.1. The van der Waals surface area contributed by atoms with Gasteiger partial charge in [-0.15, -0.1) is 0 Å². The molecule has 0 aromatic rings. The van der Waals surface area contributed by atoms with Crippen LogP contribution in [0.15, 0.2) is 0 Å². The Morgan fingerprint density at radius 2 is 1.68 bits per heavy atom. The first-order valence-corrected chi connectivity index (χ1v) is 9.57. The Kier molecular flexibility index (Phi) is 9.43. The highest BCUT2D eigenvalue weighted by molar-refractivity contribution is 4.98. The highest BCUT2D eigenvalue weighted by Gasteiger charge is 2.58. The van der Waals surface area contributed by atoms with Crippen LogP contribution >= 0.6 is 0 Å². The monoisotopic (exact) mass is 459 g/mol. The van der Waals surface area contributed by atoms with Gasteiger partial charge in [-0.3, -0.25) is 10.1 Å². The minimum atomic E-state index is -2.30. The molecule has 8 N–H and O–H groups in total. The number of nitrogens with zero attached hydrogens (tertiary/aromatic N) is 1. The number of nitro groups is 1. The zero-order valence-electron chi connectivity index (χ0n) is 16.4. The Labute approximate surface area is 176 Å². The minimum absolute atomic E-state index is 0.133. The number of hydrogen-bond acceptors (Lipinski definition) is 14. The van der Waals surface area contributed by atoms with Gasteiger partial charge in [-0.2, -0.15) is 0 Å². The van der Waals surface area contributed by atoms with Gasteiger partial charge in [-0.1, -0.05) is 0 Å². The van der Waals surface area contributed by atoms with Crippen LogP contribution in [0.25, 0.3) is 0 Å². The van der Waals surface area contributed by atoms with Crippen molar-refractivity contribution in [1.82, 2.24) is 0 Å². The SMILES string of the molecule is O=[N+]([O-])C(CO)CCOC[C@H]1O[C@H](O[C@]2(CO)O[C@H](CO)[C@@H](O)[C@@H]2O)[C@H](O)[C@@H](O)[C@@H]1O. The van der Waals surface area contributed by atoms with Crippen LogP contribution in [0.2, 0.25) is 0 Å². The van der Waals surface area contributed by atoms with Gasteiger partial charge in [-0.25, -0.2) is 0 Å². The Balaban J connectivity index is 2.01. The molecule has 1 unspecified atom stereocenters. The molecule has 2 saturated heterocycles. The first kappa shape index (κ1) is 26.2. The molecule has 31 heavy (non-hydrogen) atoms. The molecule has 0 aliphatic carbocycles. The van der Waals surface area contributed by atoms with E-state index >= 15 is 0 Å². The van der Waals surface area contributed by atoms with Crippen molar-refractivity contribution in [3.05, 3.63) is 10.1 Å². The highest BCUT2D eigenvalue weighted by atomic mass is 16.8. The van der Waals surface area contributed by atoms with E-state index in [4.69, 9.17) is 24.1 Å². The van der Waals surface area contributed by atoms with Crippen molar-refractivity contribution in [2.45, 2.75) is 67.3 Å². The van der Waals surface area contributed by atoms with E-state index in [0.29, 0.717) is 0 Å². The molecule has 0 spiro atoms. The van der Waals surface area contributed by atoms with E-state index in [1.165, 1.54) is 0 Å². The van der Waals surface area contributed by atoms with Crippen LogP contribution < -0.4 is 0 Å². The lowest BCUT2D eigenvalue weighted by molar-refractivity contribution is -0.527. The average molecular weight is 459 g/mol. The summed E-state index contributed by atoms with van der Waals surface area (Å²) in [4.78, 5) is 10.0. The number of rotatable bonds is 11. The molecule has 0 radical (unpaired) electrons. The molecule has 0 amide bonds. The lowest BCUT2D eigenvalue weighted by Crippen LogP contribution is -2.62. The quantitative estimate of drug-likeness (QED) is 0.0817. The fourth-order valence-electron chi connectivity index (χ4n) is 3.30. The summed E-state index contributed by atoms with van der Waals surface area (Å²) in [5.74, 6) is -2.30. The molecule has 2 heterocycles. The second-order valence-corrected chi connectivity index (χ2v) is 7.36. The summed E-state index contributed by atoms with van der Waals surface area (Å²) >= 11 is 0. The first-order chi connectivity index (χ1) is 14.6. The third kappa shape index (κ3) is 5.65. The number of aliphatic hydroxyl groups excluding tert-OH is 8. The summed E-state index contributed by atoms with van der Waals surface area (Å²) in [7, 11) is 0.